The third-order valence-electron chi connectivity index (χ3n) is 3.04. The van der Waals surface area contributed by atoms with Crippen LogP contribution in [0.3, 0.4) is 0 Å². The normalized spacial score (nSPS) is 23.8. The van der Waals surface area contributed by atoms with E-state index in [9.17, 15) is 4.79 Å². The Morgan fingerprint density at radius 3 is 2.56 bits per heavy atom. The molecule has 2 rings (SSSR count). The summed E-state index contributed by atoms with van der Waals surface area (Å²) in [6.45, 7) is 0.289. The summed E-state index contributed by atoms with van der Waals surface area (Å²) in [6, 6.07) is 8.89. The standard InChI is InChI=1S/C12H15BrN2O/c13-10-3-1-8(2-4-10)9-5-11(6-9)15-7-12(14)16/h1-4,9,11,15H,5-7H2,(H2,14,16). The van der Waals surface area contributed by atoms with Crippen LogP contribution in [0.4, 0.5) is 0 Å². The molecule has 0 radical (unpaired) electrons. The van der Waals surface area contributed by atoms with Crippen LogP contribution in [0.2, 0.25) is 0 Å². The van der Waals surface area contributed by atoms with Gasteiger partial charge < -0.3 is 11.1 Å². The van der Waals surface area contributed by atoms with Crippen LogP contribution in [0, 0.1) is 0 Å². The smallest absolute Gasteiger partial charge is 0.231 e. The van der Waals surface area contributed by atoms with Gasteiger partial charge in [0.05, 0.1) is 6.54 Å². The largest absolute Gasteiger partial charge is 0.369 e. The maximum Gasteiger partial charge on any atom is 0.231 e. The van der Waals surface area contributed by atoms with Crippen molar-refractivity contribution in [3.05, 3.63) is 34.3 Å². The summed E-state index contributed by atoms with van der Waals surface area (Å²) in [4.78, 5) is 10.6. The number of halogens is 1. The molecule has 1 fully saturated rings. The van der Waals surface area contributed by atoms with Crippen LogP contribution in [-0.4, -0.2) is 18.5 Å². The first kappa shape index (κ1) is 11.6. The van der Waals surface area contributed by atoms with Crippen molar-refractivity contribution >= 4 is 21.8 Å². The molecule has 0 unspecified atom stereocenters. The Morgan fingerprint density at radius 2 is 2.00 bits per heavy atom. The fraction of sp³-hybridized carbons (Fsp3) is 0.417. The van der Waals surface area contributed by atoms with Crippen molar-refractivity contribution in [1.82, 2.24) is 5.32 Å². The van der Waals surface area contributed by atoms with Crippen LogP contribution in [0.1, 0.15) is 24.3 Å². The Bertz CT molecular complexity index is 371. The van der Waals surface area contributed by atoms with Crippen molar-refractivity contribution in [2.24, 2.45) is 5.73 Å². The number of benzene rings is 1. The quantitative estimate of drug-likeness (QED) is 0.884. The molecule has 4 heteroatoms. The molecule has 0 heterocycles. The van der Waals surface area contributed by atoms with E-state index in [4.69, 9.17) is 5.73 Å². The highest BCUT2D eigenvalue weighted by atomic mass is 79.9. The van der Waals surface area contributed by atoms with Crippen LogP contribution in [-0.2, 0) is 4.79 Å². The van der Waals surface area contributed by atoms with Crippen LogP contribution in [0.25, 0.3) is 0 Å². The first-order valence-corrected chi connectivity index (χ1v) is 6.21. The van der Waals surface area contributed by atoms with E-state index in [-0.39, 0.29) is 12.5 Å². The van der Waals surface area contributed by atoms with Gasteiger partial charge in [-0.15, -0.1) is 0 Å². The average Bonchev–Trinajstić information content (AvgIpc) is 2.18. The monoisotopic (exact) mass is 282 g/mol. The zero-order valence-corrected chi connectivity index (χ0v) is 10.5. The number of carbonyl (C=O) groups is 1. The summed E-state index contributed by atoms with van der Waals surface area (Å²) in [7, 11) is 0. The van der Waals surface area contributed by atoms with E-state index in [1.54, 1.807) is 0 Å². The molecule has 0 atom stereocenters. The van der Waals surface area contributed by atoms with Gasteiger partial charge in [-0.1, -0.05) is 28.1 Å². The summed E-state index contributed by atoms with van der Waals surface area (Å²) in [6.07, 6.45) is 2.18. The van der Waals surface area contributed by atoms with Gasteiger partial charge in [-0.05, 0) is 36.5 Å². The van der Waals surface area contributed by atoms with Crippen molar-refractivity contribution in [3.8, 4) is 0 Å². The van der Waals surface area contributed by atoms with Crippen molar-refractivity contribution < 1.29 is 4.79 Å². The molecule has 1 amide bonds. The van der Waals surface area contributed by atoms with Gasteiger partial charge in [0.25, 0.3) is 0 Å². The lowest BCUT2D eigenvalue weighted by Crippen LogP contribution is -2.43. The van der Waals surface area contributed by atoms with Gasteiger partial charge >= 0.3 is 0 Å². The Labute approximate surface area is 104 Å². The molecule has 1 aromatic carbocycles. The number of amides is 1. The third-order valence-corrected chi connectivity index (χ3v) is 3.57. The second kappa shape index (κ2) is 4.97. The van der Waals surface area contributed by atoms with Gasteiger partial charge in [-0.25, -0.2) is 0 Å². The summed E-state index contributed by atoms with van der Waals surface area (Å²) >= 11 is 3.42. The van der Waals surface area contributed by atoms with Gasteiger partial charge in [0.15, 0.2) is 0 Å². The molecule has 3 N–H and O–H groups in total. The van der Waals surface area contributed by atoms with Crippen molar-refractivity contribution in [1.29, 1.82) is 0 Å². The number of hydrogen-bond donors (Lipinski definition) is 2. The minimum absolute atomic E-state index is 0.285. The molecule has 3 nitrogen and oxygen atoms in total. The van der Waals surface area contributed by atoms with E-state index < -0.39 is 0 Å². The fourth-order valence-electron chi connectivity index (χ4n) is 2.04. The lowest BCUT2D eigenvalue weighted by atomic mass is 9.76. The maximum absolute atomic E-state index is 10.6. The van der Waals surface area contributed by atoms with Crippen molar-refractivity contribution in [2.45, 2.75) is 24.8 Å². The van der Waals surface area contributed by atoms with Crippen molar-refractivity contribution in [3.63, 3.8) is 0 Å². The zero-order valence-electron chi connectivity index (χ0n) is 8.95. The number of hydrogen-bond acceptors (Lipinski definition) is 2. The van der Waals surface area contributed by atoms with E-state index in [0.717, 1.165) is 17.3 Å². The van der Waals surface area contributed by atoms with Gasteiger partial charge in [0.1, 0.15) is 0 Å². The molecule has 16 heavy (non-hydrogen) atoms. The van der Waals surface area contributed by atoms with Crippen LogP contribution in [0.15, 0.2) is 28.7 Å². The molecule has 1 aliphatic rings. The second-order valence-corrected chi connectivity index (χ2v) is 5.18. The molecule has 0 bridgehead atoms. The van der Waals surface area contributed by atoms with Crippen LogP contribution >= 0.6 is 15.9 Å². The summed E-state index contributed by atoms with van der Waals surface area (Å²) in [5, 5.41) is 3.15. The average molecular weight is 283 g/mol. The molecule has 0 saturated heterocycles. The highest BCUT2D eigenvalue weighted by Gasteiger charge is 2.29. The van der Waals surface area contributed by atoms with E-state index in [2.05, 4.69) is 45.5 Å². The summed E-state index contributed by atoms with van der Waals surface area (Å²) in [5.41, 5.74) is 6.45. The fourth-order valence-corrected chi connectivity index (χ4v) is 2.30. The predicted octanol–water partition coefficient (Wildman–Crippen LogP) is 1.77. The Morgan fingerprint density at radius 1 is 1.38 bits per heavy atom. The zero-order chi connectivity index (χ0) is 11.5. The van der Waals surface area contributed by atoms with Gasteiger partial charge in [0.2, 0.25) is 5.91 Å². The molecular formula is C12H15BrN2O. The highest BCUT2D eigenvalue weighted by molar-refractivity contribution is 9.10. The molecular weight excluding hydrogens is 268 g/mol. The van der Waals surface area contributed by atoms with E-state index in [0.29, 0.717) is 12.0 Å². The van der Waals surface area contributed by atoms with E-state index in [1.807, 2.05) is 0 Å². The molecule has 1 saturated carbocycles. The number of primary amides is 1. The molecule has 1 aliphatic carbocycles. The first-order chi connectivity index (χ1) is 7.65. The van der Waals surface area contributed by atoms with Crippen LogP contribution in [0.5, 0.6) is 0 Å². The highest BCUT2D eigenvalue weighted by Crippen LogP contribution is 2.37. The topological polar surface area (TPSA) is 55.1 Å². The van der Waals surface area contributed by atoms with E-state index >= 15 is 0 Å². The Kier molecular flexibility index (Phi) is 3.61. The lowest BCUT2D eigenvalue weighted by molar-refractivity contribution is -0.117. The molecule has 1 aromatic rings. The minimum atomic E-state index is -0.285. The Balaban J connectivity index is 1.79. The number of rotatable bonds is 4. The van der Waals surface area contributed by atoms with Gasteiger partial charge in [-0.3, -0.25) is 4.79 Å². The number of nitrogens with two attached hydrogens (primary N) is 1. The first-order valence-electron chi connectivity index (χ1n) is 5.42. The van der Waals surface area contributed by atoms with E-state index in [1.165, 1.54) is 5.56 Å². The number of carbonyl (C=O) groups excluding carboxylic acids is 1. The van der Waals surface area contributed by atoms with Gasteiger partial charge in [0, 0.05) is 10.5 Å². The Hall–Kier alpha value is -0.870. The molecule has 0 spiro atoms. The molecule has 0 aromatic heterocycles. The number of nitrogens with one attached hydrogen (secondary N) is 1. The third kappa shape index (κ3) is 2.83. The molecule has 86 valence electrons. The van der Waals surface area contributed by atoms with Crippen molar-refractivity contribution in [2.75, 3.05) is 6.54 Å². The summed E-state index contributed by atoms with van der Waals surface area (Å²) < 4.78 is 1.11. The SMILES string of the molecule is NC(=O)CNC1CC(c2ccc(Br)cc2)C1. The minimum Gasteiger partial charge on any atom is -0.369 e. The van der Waals surface area contributed by atoms with Gasteiger partial charge in [-0.2, -0.15) is 0 Å². The second-order valence-electron chi connectivity index (χ2n) is 4.26. The lowest BCUT2D eigenvalue weighted by Gasteiger charge is -2.36. The predicted molar refractivity (Wildman–Crippen MR) is 67.1 cm³/mol. The maximum atomic E-state index is 10.6. The van der Waals surface area contributed by atoms with Crippen LogP contribution < -0.4 is 11.1 Å². The molecule has 0 aliphatic heterocycles. The summed E-state index contributed by atoms with van der Waals surface area (Å²) in [5.74, 6) is 0.338.